The van der Waals surface area contributed by atoms with E-state index in [1.807, 2.05) is 6.92 Å². The lowest BCUT2D eigenvalue weighted by Crippen LogP contribution is -2.43. The molecule has 2 rings (SSSR count). The van der Waals surface area contributed by atoms with Crippen molar-refractivity contribution >= 4 is 5.82 Å². The third kappa shape index (κ3) is 2.80. The maximum Gasteiger partial charge on any atom is 0.132 e. The van der Waals surface area contributed by atoms with Crippen molar-refractivity contribution in [3.63, 3.8) is 0 Å². The summed E-state index contributed by atoms with van der Waals surface area (Å²) >= 11 is 0. The van der Waals surface area contributed by atoms with Crippen LogP contribution in [0.2, 0.25) is 0 Å². The van der Waals surface area contributed by atoms with E-state index in [1.165, 1.54) is 0 Å². The van der Waals surface area contributed by atoms with Crippen LogP contribution in [0.4, 0.5) is 5.82 Å². The molecule has 0 radical (unpaired) electrons. The average Bonchev–Trinajstić information content (AvgIpc) is 2.38. The van der Waals surface area contributed by atoms with Crippen LogP contribution in [0.3, 0.4) is 0 Å². The summed E-state index contributed by atoms with van der Waals surface area (Å²) in [6.07, 6.45) is 3.16. The molecule has 2 atom stereocenters. The maximum absolute atomic E-state index is 9.34. The predicted molar refractivity (Wildman–Crippen MR) is 72.8 cm³/mol. The van der Waals surface area contributed by atoms with E-state index in [1.54, 1.807) is 0 Å². The second-order valence-electron chi connectivity index (χ2n) is 5.25. The van der Waals surface area contributed by atoms with Gasteiger partial charge in [0.1, 0.15) is 11.6 Å². The van der Waals surface area contributed by atoms with Gasteiger partial charge in [-0.3, -0.25) is 0 Å². The van der Waals surface area contributed by atoms with Crippen LogP contribution in [0.15, 0.2) is 6.07 Å². The van der Waals surface area contributed by atoms with Crippen molar-refractivity contribution in [2.24, 2.45) is 5.92 Å². The van der Waals surface area contributed by atoms with Gasteiger partial charge in [-0.05, 0) is 39.0 Å². The number of hydrogen-bond acceptors (Lipinski definition) is 4. The van der Waals surface area contributed by atoms with E-state index in [9.17, 15) is 5.11 Å². The molecule has 1 aromatic rings. The van der Waals surface area contributed by atoms with Crippen LogP contribution >= 0.6 is 0 Å². The van der Waals surface area contributed by atoms with Gasteiger partial charge in [0, 0.05) is 31.0 Å². The Morgan fingerprint density at radius 3 is 2.83 bits per heavy atom. The number of rotatable bonds is 3. The normalized spacial score (nSPS) is 24.3. The van der Waals surface area contributed by atoms with Gasteiger partial charge in [0.2, 0.25) is 0 Å². The number of aryl methyl sites for hydroxylation is 2. The Bertz CT molecular complexity index is 408. The molecular weight excluding hydrogens is 226 g/mol. The number of aromatic nitrogens is 2. The third-order valence-electron chi connectivity index (χ3n) is 3.77. The number of nitrogens with zero attached hydrogens (tertiary/aromatic N) is 3. The first-order valence-electron chi connectivity index (χ1n) is 6.86. The molecule has 0 amide bonds. The molecule has 0 bridgehead atoms. The van der Waals surface area contributed by atoms with Crippen LogP contribution in [0.5, 0.6) is 0 Å². The zero-order valence-electron chi connectivity index (χ0n) is 11.6. The topological polar surface area (TPSA) is 49.2 Å². The van der Waals surface area contributed by atoms with Gasteiger partial charge in [0.25, 0.3) is 0 Å². The van der Waals surface area contributed by atoms with Crippen molar-refractivity contribution in [3.8, 4) is 0 Å². The molecule has 2 unspecified atom stereocenters. The molecule has 1 aliphatic heterocycles. The predicted octanol–water partition coefficient (Wildman–Crippen LogP) is 1.94. The van der Waals surface area contributed by atoms with Crippen molar-refractivity contribution < 1.29 is 5.11 Å². The molecule has 0 saturated carbocycles. The Labute approximate surface area is 109 Å². The smallest absolute Gasteiger partial charge is 0.132 e. The summed E-state index contributed by atoms with van der Waals surface area (Å²) < 4.78 is 0. The van der Waals surface area contributed by atoms with E-state index >= 15 is 0 Å². The fraction of sp³-hybridized carbons (Fsp3) is 0.714. The van der Waals surface area contributed by atoms with Crippen LogP contribution < -0.4 is 4.90 Å². The first-order chi connectivity index (χ1) is 8.63. The molecule has 1 fully saturated rings. The molecular formula is C14H23N3O. The van der Waals surface area contributed by atoms with Crippen molar-refractivity contribution in [2.45, 2.75) is 46.1 Å². The molecule has 0 aromatic carbocycles. The highest BCUT2D eigenvalue weighted by Gasteiger charge is 2.26. The number of aliphatic hydroxyl groups excluding tert-OH is 1. The average molecular weight is 249 g/mol. The Kier molecular flexibility index (Phi) is 4.17. The summed E-state index contributed by atoms with van der Waals surface area (Å²) in [5.74, 6) is 2.23. The minimum absolute atomic E-state index is 0.272. The molecule has 18 heavy (non-hydrogen) atoms. The Morgan fingerprint density at radius 2 is 2.17 bits per heavy atom. The Balaban J connectivity index is 2.25. The molecule has 2 heterocycles. The quantitative estimate of drug-likeness (QED) is 0.889. The van der Waals surface area contributed by atoms with E-state index in [0.717, 1.165) is 43.1 Å². The number of aliphatic hydroxyl groups is 1. The van der Waals surface area contributed by atoms with Gasteiger partial charge in [-0.1, -0.05) is 6.92 Å². The highest BCUT2D eigenvalue weighted by atomic mass is 16.3. The molecule has 1 N–H and O–H groups in total. The highest BCUT2D eigenvalue weighted by molar-refractivity contribution is 5.41. The van der Waals surface area contributed by atoms with Crippen molar-refractivity contribution in [1.29, 1.82) is 0 Å². The second kappa shape index (κ2) is 5.65. The third-order valence-corrected chi connectivity index (χ3v) is 3.77. The lowest BCUT2D eigenvalue weighted by molar-refractivity contribution is 0.199. The van der Waals surface area contributed by atoms with E-state index in [-0.39, 0.29) is 6.61 Å². The standard InChI is InChI=1S/C14H23N3O/c1-4-13-7-14(16-11(3)15-13)17-8-12(9-18)6-5-10(17)2/h7,10,12,18H,4-6,8-9H2,1-3H3. The van der Waals surface area contributed by atoms with Crippen molar-refractivity contribution in [1.82, 2.24) is 9.97 Å². The molecule has 1 aromatic heterocycles. The van der Waals surface area contributed by atoms with E-state index in [0.29, 0.717) is 12.0 Å². The van der Waals surface area contributed by atoms with Gasteiger partial charge in [0.15, 0.2) is 0 Å². The minimum Gasteiger partial charge on any atom is -0.396 e. The lowest BCUT2D eigenvalue weighted by atomic mass is 9.94. The van der Waals surface area contributed by atoms with Crippen LogP contribution in [-0.2, 0) is 6.42 Å². The first-order valence-corrected chi connectivity index (χ1v) is 6.86. The molecule has 4 nitrogen and oxygen atoms in total. The van der Waals surface area contributed by atoms with Gasteiger partial charge in [-0.15, -0.1) is 0 Å². The summed E-state index contributed by atoms with van der Waals surface area (Å²) in [6, 6.07) is 2.58. The summed E-state index contributed by atoms with van der Waals surface area (Å²) in [5, 5.41) is 9.34. The minimum atomic E-state index is 0.272. The number of anilines is 1. The second-order valence-corrected chi connectivity index (χ2v) is 5.25. The monoisotopic (exact) mass is 249 g/mol. The fourth-order valence-electron chi connectivity index (χ4n) is 2.59. The first kappa shape index (κ1) is 13.3. The number of piperidine rings is 1. The molecule has 1 saturated heterocycles. The molecule has 0 aliphatic carbocycles. The lowest BCUT2D eigenvalue weighted by Gasteiger charge is -2.38. The van der Waals surface area contributed by atoms with Gasteiger partial charge in [-0.2, -0.15) is 0 Å². The SMILES string of the molecule is CCc1cc(N2CC(CO)CCC2C)nc(C)n1. The fourth-order valence-corrected chi connectivity index (χ4v) is 2.59. The van der Waals surface area contributed by atoms with Gasteiger partial charge >= 0.3 is 0 Å². The Hall–Kier alpha value is -1.16. The van der Waals surface area contributed by atoms with Crippen LogP contribution in [0.25, 0.3) is 0 Å². The zero-order valence-corrected chi connectivity index (χ0v) is 11.6. The zero-order chi connectivity index (χ0) is 13.1. The van der Waals surface area contributed by atoms with Gasteiger partial charge < -0.3 is 10.0 Å². The highest BCUT2D eigenvalue weighted by Crippen LogP contribution is 2.26. The van der Waals surface area contributed by atoms with Crippen LogP contribution in [-0.4, -0.2) is 34.3 Å². The molecule has 0 spiro atoms. The summed E-state index contributed by atoms with van der Waals surface area (Å²) in [4.78, 5) is 11.3. The molecule has 4 heteroatoms. The largest absolute Gasteiger partial charge is 0.396 e. The maximum atomic E-state index is 9.34. The van der Waals surface area contributed by atoms with Crippen LogP contribution in [0.1, 0.15) is 38.2 Å². The summed E-state index contributed by atoms with van der Waals surface area (Å²) in [6.45, 7) is 7.46. The van der Waals surface area contributed by atoms with Crippen molar-refractivity contribution in [2.75, 3.05) is 18.1 Å². The molecule has 100 valence electrons. The van der Waals surface area contributed by atoms with E-state index in [4.69, 9.17) is 0 Å². The Morgan fingerprint density at radius 1 is 1.39 bits per heavy atom. The number of hydrogen-bond donors (Lipinski definition) is 1. The van der Waals surface area contributed by atoms with Gasteiger partial charge in [-0.25, -0.2) is 9.97 Å². The van der Waals surface area contributed by atoms with E-state index in [2.05, 4.69) is 34.8 Å². The summed E-state index contributed by atoms with van der Waals surface area (Å²) in [7, 11) is 0. The molecule has 1 aliphatic rings. The van der Waals surface area contributed by atoms with Crippen molar-refractivity contribution in [3.05, 3.63) is 17.6 Å². The van der Waals surface area contributed by atoms with Crippen LogP contribution in [0, 0.1) is 12.8 Å². The van der Waals surface area contributed by atoms with E-state index < -0.39 is 0 Å². The van der Waals surface area contributed by atoms with Gasteiger partial charge in [0.05, 0.1) is 0 Å². The summed E-state index contributed by atoms with van der Waals surface area (Å²) in [5.41, 5.74) is 1.09.